The molecular weight excluding hydrogens is 418 g/mol. The number of anilines is 3. The number of amides is 2. The average Bonchev–Trinajstić information content (AvgIpc) is 3.21. The number of nitrogens with two attached hydrogens (primary N) is 1. The van der Waals surface area contributed by atoms with Crippen LogP contribution >= 0.6 is 0 Å². The van der Waals surface area contributed by atoms with Crippen molar-refractivity contribution in [1.82, 2.24) is 5.32 Å². The first-order chi connectivity index (χ1) is 16.0. The van der Waals surface area contributed by atoms with Crippen molar-refractivity contribution >= 4 is 29.2 Å². The van der Waals surface area contributed by atoms with Gasteiger partial charge in [0.15, 0.2) is 0 Å². The number of H-pyrrole nitrogens is 1. The zero-order valence-corrected chi connectivity index (χ0v) is 18.1. The summed E-state index contributed by atoms with van der Waals surface area (Å²) < 4.78 is 5.48. The fourth-order valence-corrected chi connectivity index (χ4v) is 4.36. The maximum Gasteiger partial charge on any atom is 0.407 e. The topological polar surface area (TPSA) is 111 Å². The number of aromatic nitrogens is 1. The number of rotatable bonds is 4. The summed E-state index contributed by atoms with van der Waals surface area (Å²) in [7, 11) is 0. The van der Waals surface area contributed by atoms with Crippen LogP contribution < -0.4 is 26.3 Å². The molecule has 2 aliphatic heterocycles. The second-order valence-corrected chi connectivity index (χ2v) is 8.50. The van der Waals surface area contributed by atoms with Crippen molar-refractivity contribution in [2.75, 3.05) is 35.6 Å². The van der Waals surface area contributed by atoms with Gasteiger partial charge in [0.25, 0.3) is 11.7 Å². The Bertz CT molecular complexity index is 1170. The van der Waals surface area contributed by atoms with Gasteiger partial charge >= 0.3 is 6.09 Å². The first-order valence-corrected chi connectivity index (χ1v) is 11.0. The number of nitrogens with zero attached hydrogens (tertiary/aromatic N) is 1. The van der Waals surface area contributed by atoms with E-state index in [0.29, 0.717) is 23.5 Å². The standard InChI is InChI=1S/C25H25N5O3/c26-20-8-6-18(17-4-2-1-3-5-17)14-21(20)29-23(31)19-7-9-22(27-15-19)30-12-10-25(11-13-30)16-28-24(32)33-25/h1-9,14-15H,10-13,16,26H2,(H,28,32)(H,29,31)/p+1. The highest BCUT2D eigenvalue weighted by Gasteiger charge is 2.45. The van der Waals surface area contributed by atoms with Crippen molar-refractivity contribution in [3.63, 3.8) is 0 Å². The Morgan fingerprint density at radius 1 is 1.06 bits per heavy atom. The third-order valence-corrected chi connectivity index (χ3v) is 6.35. The van der Waals surface area contributed by atoms with Gasteiger partial charge in [0.2, 0.25) is 0 Å². The van der Waals surface area contributed by atoms with Crippen LogP contribution in [0.1, 0.15) is 23.2 Å². The van der Waals surface area contributed by atoms with Crippen LogP contribution in [0, 0.1) is 0 Å². The van der Waals surface area contributed by atoms with Gasteiger partial charge in [-0.3, -0.25) is 9.69 Å². The van der Waals surface area contributed by atoms with E-state index in [1.807, 2.05) is 48.5 Å². The van der Waals surface area contributed by atoms with Crippen LogP contribution in [0.5, 0.6) is 0 Å². The third kappa shape index (κ3) is 4.32. The zero-order valence-electron chi connectivity index (χ0n) is 18.1. The molecule has 3 heterocycles. The highest BCUT2D eigenvalue weighted by Crippen LogP contribution is 2.31. The van der Waals surface area contributed by atoms with Gasteiger partial charge in [-0.15, -0.1) is 0 Å². The molecule has 2 fully saturated rings. The summed E-state index contributed by atoms with van der Waals surface area (Å²) in [6, 6.07) is 19.3. The number of hydrogen-bond acceptors (Lipinski definition) is 5. The molecule has 1 spiro atoms. The third-order valence-electron chi connectivity index (χ3n) is 6.35. The lowest BCUT2D eigenvalue weighted by molar-refractivity contribution is -0.364. The Morgan fingerprint density at radius 2 is 1.85 bits per heavy atom. The minimum Gasteiger partial charge on any atom is -0.441 e. The van der Waals surface area contributed by atoms with Gasteiger partial charge in [0.1, 0.15) is 11.8 Å². The number of nitrogens with one attached hydrogen (secondary N) is 3. The molecule has 3 aromatic rings. The van der Waals surface area contributed by atoms with Crippen LogP contribution in [0.25, 0.3) is 11.1 Å². The molecule has 0 aliphatic carbocycles. The number of nitrogen functional groups attached to an aromatic ring is 1. The largest absolute Gasteiger partial charge is 0.441 e. The van der Waals surface area contributed by atoms with Crippen LogP contribution in [-0.2, 0) is 4.74 Å². The zero-order chi connectivity index (χ0) is 22.8. The second kappa shape index (κ2) is 8.46. The van der Waals surface area contributed by atoms with E-state index < -0.39 is 0 Å². The van der Waals surface area contributed by atoms with Gasteiger partial charge in [-0.1, -0.05) is 36.4 Å². The Hall–Kier alpha value is -4.07. The number of hydrogen-bond donors (Lipinski definition) is 3. The number of carbonyl (C=O) groups excluding carboxylic acids is 2. The fraction of sp³-hybridized carbons (Fsp3) is 0.240. The highest BCUT2D eigenvalue weighted by atomic mass is 16.6. The molecule has 1 aromatic heterocycles. The summed E-state index contributed by atoms with van der Waals surface area (Å²) in [5, 5.41) is 5.67. The molecule has 8 heteroatoms. The number of aromatic amines is 1. The molecule has 5 rings (SSSR count). The van der Waals surface area contributed by atoms with E-state index in [1.54, 1.807) is 18.3 Å². The molecule has 0 saturated carbocycles. The SMILES string of the molecule is Nc1ccc(-c2ccccc2)cc1NC(=O)c1ccc(N2CCC3(CC2)CNC(=O)O3)[nH+]c1. The van der Waals surface area contributed by atoms with E-state index in [9.17, 15) is 9.59 Å². The van der Waals surface area contributed by atoms with Crippen molar-refractivity contribution in [3.05, 3.63) is 72.4 Å². The summed E-state index contributed by atoms with van der Waals surface area (Å²) in [5.74, 6) is 0.681. The lowest BCUT2D eigenvalue weighted by Gasteiger charge is -2.33. The number of ether oxygens (including phenoxy) is 1. The van der Waals surface area contributed by atoms with Crippen LogP contribution in [0.15, 0.2) is 66.9 Å². The molecule has 0 radical (unpaired) electrons. The van der Waals surface area contributed by atoms with E-state index >= 15 is 0 Å². The lowest BCUT2D eigenvalue weighted by atomic mass is 9.91. The second-order valence-electron chi connectivity index (χ2n) is 8.50. The number of carbonyl (C=O) groups is 2. The van der Waals surface area contributed by atoms with Crippen LogP contribution in [0.3, 0.4) is 0 Å². The van der Waals surface area contributed by atoms with Crippen molar-refractivity contribution in [1.29, 1.82) is 0 Å². The lowest BCUT2D eigenvalue weighted by Crippen LogP contribution is -2.48. The molecule has 8 nitrogen and oxygen atoms in total. The van der Waals surface area contributed by atoms with E-state index in [0.717, 1.165) is 42.9 Å². The highest BCUT2D eigenvalue weighted by molar-refractivity contribution is 6.05. The first kappa shape index (κ1) is 20.8. The molecule has 2 amide bonds. The van der Waals surface area contributed by atoms with E-state index in [2.05, 4.69) is 20.5 Å². The van der Waals surface area contributed by atoms with Gasteiger partial charge in [-0.25, -0.2) is 9.78 Å². The van der Waals surface area contributed by atoms with Crippen molar-refractivity contribution in [2.24, 2.45) is 0 Å². The minimum atomic E-state index is -0.387. The van der Waals surface area contributed by atoms with Gasteiger partial charge in [0, 0.05) is 18.9 Å². The Morgan fingerprint density at radius 3 is 2.52 bits per heavy atom. The van der Waals surface area contributed by atoms with Crippen LogP contribution in [-0.4, -0.2) is 37.2 Å². The summed E-state index contributed by atoms with van der Waals surface area (Å²) in [4.78, 5) is 29.7. The molecule has 0 unspecified atom stereocenters. The monoisotopic (exact) mass is 444 g/mol. The number of alkyl carbamates (subject to hydrolysis) is 1. The van der Waals surface area contributed by atoms with Gasteiger partial charge < -0.3 is 21.1 Å². The molecule has 5 N–H and O–H groups in total. The summed E-state index contributed by atoms with van der Waals surface area (Å²) >= 11 is 0. The van der Waals surface area contributed by atoms with E-state index in [4.69, 9.17) is 10.5 Å². The van der Waals surface area contributed by atoms with Crippen LogP contribution in [0.2, 0.25) is 0 Å². The molecule has 0 atom stereocenters. The van der Waals surface area contributed by atoms with E-state index in [1.165, 1.54) is 0 Å². The number of benzene rings is 2. The van der Waals surface area contributed by atoms with Crippen molar-refractivity contribution < 1.29 is 19.3 Å². The normalized spacial score (nSPS) is 16.8. The minimum absolute atomic E-state index is 0.240. The maximum atomic E-state index is 12.8. The fourth-order valence-electron chi connectivity index (χ4n) is 4.36. The smallest absolute Gasteiger partial charge is 0.407 e. The van der Waals surface area contributed by atoms with Crippen molar-refractivity contribution in [2.45, 2.75) is 18.4 Å². The predicted molar refractivity (Wildman–Crippen MR) is 126 cm³/mol. The summed E-state index contributed by atoms with van der Waals surface area (Å²) in [6.45, 7) is 2.09. The number of pyridine rings is 1. The molecular formula is C25H26N5O3+. The van der Waals surface area contributed by atoms with Crippen molar-refractivity contribution in [3.8, 4) is 11.1 Å². The van der Waals surface area contributed by atoms with Gasteiger partial charge in [-0.2, -0.15) is 0 Å². The Kier molecular flexibility index (Phi) is 5.34. The van der Waals surface area contributed by atoms with Gasteiger partial charge in [-0.05, 0) is 29.3 Å². The average molecular weight is 445 g/mol. The van der Waals surface area contributed by atoms with E-state index in [-0.39, 0.29) is 17.6 Å². The first-order valence-electron chi connectivity index (χ1n) is 11.0. The molecule has 2 saturated heterocycles. The maximum absolute atomic E-state index is 12.8. The van der Waals surface area contributed by atoms with Gasteiger partial charge in [0.05, 0.1) is 36.6 Å². The predicted octanol–water partition coefficient (Wildman–Crippen LogP) is 3.08. The summed E-state index contributed by atoms with van der Waals surface area (Å²) in [5.41, 5.74) is 9.34. The quantitative estimate of drug-likeness (QED) is 0.536. The number of piperidine rings is 1. The Balaban J connectivity index is 1.25. The molecule has 2 aliphatic rings. The molecule has 168 valence electrons. The van der Waals surface area contributed by atoms with Crippen LogP contribution in [0.4, 0.5) is 22.0 Å². The molecule has 0 bridgehead atoms. The Labute approximate surface area is 191 Å². The molecule has 33 heavy (non-hydrogen) atoms. The summed E-state index contributed by atoms with van der Waals surface area (Å²) in [6.07, 6.45) is 2.89. The molecule has 2 aromatic carbocycles.